The molecular weight excluding hydrogens is 208 g/mol. The molecular formula is C15H30N2. The Morgan fingerprint density at radius 2 is 1.94 bits per heavy atom. The highest BCUT2D eigenvalue weighted by atomic mass is 15.2. The van der Waals surface area contributed by atoms with Crippen LogP contribution < -0.4 is 5.73 Å². The van der Waals surface area contributed by atoms with Crippen LogP contribution in [0.2, 0.25) is 0 Å². The molecule has 0 spiro atoms. The second-order valence-electron chi connectivity index (χ2n) is 6.45. The van der Waals surface area contributed by atoms with E-state index in [0.717, 1.165) is 24.3 Å². The minimum atomic E-state index is 0.301. The van der Waals surface area contributed by atoms with Crippen molar-refractivity contribution in [2.45, 2.75) is 58.4 Å². The third-order valence-corrected chi connectivity index (χ3v) is 5.51. The van der Waals surface area contributed by atoms with Crippen molar-refractivity contribution < 1.29 is 0 Å². The van der Waals surface area contributed by atoms with Crippen LogP contribution in [0.3, 0.4) is 0 Å². The number of rotatable bonds is 5. The van der Waals surface area contributed by atoms with E-state index >= 15 is 0 Å². The van der Waals surface area contributed by atoms with Crippen LogP contribution >= 0.6 is 0 Å². The fourth-order valence-electron chi connectivity index (χ4n) is 3.84. The Bertz CT molecular complexity index is 249. The molecule has 0 amide bonds. The molecule has 3 unspecified atom stereocenters. The number of nitrogens with two attached hydrogens (primary N) is 1. The van der Waals surface area contributed by atoms with Gasteiger partial charge in [-0.3, -0.25) is 4.90 Å². The molecule has 100 valence electrons. The van der Waals surface area contributed by atoms with Gasteiger partial charge in [0.15, 0.2) is 0 Å². The first kappa shape index (κ1) is 13.4. The predicted molar refractivity (Wildman–Crippen MR) is 73.9 cm³/mol. The summed E-state index contributed by atoms with van der Waals surface area (Å²) >= 11 is 0. The van der Waals surface area contributed by atoms with Gasteiger partial charge in [-0.15, -0.1) is 0 Å². The third kappa shape index (κ3) is 2.53. The van der Waals surface area contributed by atoms with Crippen molar-refractivity contribution in [2.75, 3.05) is 19.6 Å². The normalized spacial score (nSPS) is 38.6. The summed E-state index contributed by atoms with van der Waals surface area (Å²) in [4.78, 5) is 2.73. The number of hydrogen-bond donors (Lipinski definition) is 1. The second kappa shape index (κ2) is 5.27. The van der Waals surface area contributed by atoms with E-state index in [2.05, 4.69) is 25.7 Å². The summed E-state index contributed by atoms with van der Waals surface area (Å²) in [5.74, 6) is 2.56. The van der Waals surface area contributed by atoms with Crippen molar-refractivity contribution in [1.82, 2.24) is 4.90 Å². The quantitative estimate of drug-likeness (QED) is 0.798. The molecule has 2 heteroatoms. The van der Waals surface area contributed by atoms with E-state index in [0.29, 0.717) is 5.54 Å². The highest BCUT2D eigenvalue weighted by molar-refractivity contribution is 5.01. The van der Waals surface area contributed by atoms with Crippen LogP contribution in [0.4, 0.5) is 0 Å². The molecule has 2 N–H and O–H groups in total. The Hall–Kier alpha value is -0.0800. The average Bonchev–Trinajstić information content (AvgIpc) is 3.14. The predicted octanol–water partition coefficient (Wildman–Crippen LogP) is 2.87. The molecule has 0 saturated heterocycles. The third-order valence-electron chi connectivity index (χ3n) is 5.51. The smallest absolute Gasteiger partial charge is 0.0359 e. The Balaban J connectivity index is 2.13. The molecule has 2 fully saturated rings. The summed E-state index contributed by atoms with van der Waals surface area (Å²) in [7, 11) is 0. The van der Waals surface area contributed by atoms with Crippen LogP contribution in [0.1, 0.15) is 52.9 Å². The summed E-state index contributed by atoms with van der Waals surface area (Å²) in [5, 5.41) is 0. The Morgan fingerprint density at radius 1 is 1.24 bits per heavy atom. The fourth-order valence-corrected chi connectivity index (χ4v) is 3.84. The van der Waals surface area contributed by atoms with Gasteiger partial charge in [-0.25, -0.2) is 0 Å². The van der Waals surface area contributed by atoms with Crippen molar-refractivity contribution in [3.05, 3.63) is 0 Å². The van der Waals surface area contributed by atoms with Crippen LogP contribution in [0.25, 0.3) is 0 Å². The Labute approximate surface area is 107 Å². The first-order valence-corrected chi connectivity index (χ1v) is 7.59. The highest BCUT2D eigenvalue weighted by Gasteiger charge is 2.45. The number of likely N-dealkylation sites (N-methyl/N-ethyl adjacent to an activating group) is 1. The zero-order valence-electron chi connectivity index (χ0n) is 11.9. The highest BCUT2D eigenvalue weighted by Crippen LogP contribution is 2.43. The van der Waals surface area contributed by atoms with Gasteiger partial charge in [0, 0.05) is 18.6 Å². The molecule has 0 bridgehead atoms. The van der Waals surface area contributed by atoms with Gasteiger partial charge in [0.05, 0.1) is 0 Å². The average molecular weight is 238 g/mol. The molecule has 0 radical (unpaired) electrons. The van der Waals surface area contributed by atoms with E-state index in [1.54, 1.807) is 0 Å². The summed E-state index contributed by atoms with van der Waals surface area (Å²) in [6.07, 6.45) is 6.96. The van der Waals surface area contributed by atoms with Crippen LogP contribution in [0.5, 0.6) is 0 Å². The molecule has 0 heterocycles. The maximum Gasteiger partial charge on any atom is 0.0359 e. The van der Waals surface area contributed by atoms with Crippen molar-refractivity contribution >= 4 is 0 Å². The summed E-state index contributed by atoms with van der Waals surface area (Å²) < 4.78 is 0. The summed E-state index contributed by atoms with van der Waals surface area (Å²) in [6.45, 7) is 10.5. The molecule has 0 aromatic carbocycles. The van der Waals surface area contributed by atoms with Crippen molar-refractivity contribution in [3.8, 4) is 0 Å². The monoisotopic (exact) mass is 238 g/mol. The van der Waals surface area contributed by atoms with E-state index in [1.807, 2.05) is 0 Å². The SMILES string of the molecule is CCN(CC1CC1)C1(CN)CCCC(C)C1C. The van der Waals surface area contributed by atoms with Crippen molar-refractivity contribution in [2.24, 2.45) is 23.5 Å². The molecule has 17 heavy (non-hydrogen) atoms. The van der Waals surface area contributed by atoms with Gasteiger partial charge >= 0.3 is 0 Å². The zero-order chi connectivity index (χ0) is 12.5. The van der Waals surface area contributed by atoms with Gasteiger partial charge in [-0.2, -0.15) is 0 Å². The second-order valence-corrected chi connectivity index (χ2v) is 6.45. The maximum absolute atomic E-state index is 6.22. The minimum Gasteiger partial charge on any atom is -0.329 e. The molecule has 0 aliphatic heterocycles. The van der Waals surface area contributed by atoms with Crippen LogP contribution in [-0.2, 0) is 0 Å². The lowest BCUT2D eigenvalue weighted by molar-refractivity contribution is -0.0105. The first-order chi connectivity index (χ1) is 8.14. The fraction of sp³-hybridized carbons (Fsp3) is 1.00. The summed E-state index contributed by atoms with van der Waals surface area (Å²) in [6, 6.07) is 0. The summed E-state index contributed by atoms with van der Waals surface area (Å²) in [5.41, 5.74) is 6.52. The van der Waals surface area contributed by atoms with Crippen LogP contribution in [-0.4, -0.2) is 30.1 Å². The Morgan fingerprint density at radius 3 is 2.47 bits per heavy atom. The van der Waals surface area contributed by atoms with Crippen molar-refractivity contribution in [1.29, 1.82) is 0 Å². The molecule has 2 saturated carbocycles. The first-order valence-electron chi connectivity index (χ1n) is 7.59. The Kier molecular flexibility index (Phi) is 4.14. The van der Waals surface area contributed by atoms with Gasteiger partial charge in [-0.05, 0) is 43.6 Å². The lowest BCUT2D eigenvalue weighted by Gasteiger charge is -2.52. The molecule has 0 aromatic rings. The maximum atomic E-state index is 6.22. The lowest BCUT2D eigenvalue weighted by atomic mass is 9.67. The van der Waals surface area contributed by atoms with E-state index in [1.165, 1.54) is 45.2 Å². The van der Waals surface area contributed by atoms with Crippen LogP contribution in [0.15, 0.2) is 0 Å². The topological polar surface area (TPSA) is 29.3 Å². The largest absolute Gasteiger partial charge is 0.329 e. The van der Waals surface area contributed by atoms with Gasteiger partial charge in [-0.1, -0.05) is 33.6 Å². The van der Waals surface area contributed by atoms with E-state index < -0.39 is 0 Å². The lowest BCUT2D eigenvalue weighted by Crippen LogP contribution is -2.61. The van der Waals surface area contributed by atoms with Gasteiger partial charge in [0.25, 0.3) is 0 Å². The molecule has 0 aromatic heterocycles. The zero-order valence-corrected chi connectivity index (χ0v) is 11.9. The van der Waals surface area contributed by atoms with Crippen molar-refractivity contribution in [3.63, 3.8) is 0 Å². The van der Waals surface area contributed by atoms with E-state index in [-0.39, 0.29) is 0 Å². The number of hydrogen-bond acceptors (Lipinski definition) is 2. The molecule has 2 nitrogen and oxygen atoms in total. The molecule has 2 aliphatic carbocycles. The molecule has 2 aliphatic rings. The van der Waals surface area contributed by atoms with Crippen LogP contribution in [0, 0.1) is 17.8 Å². The molecule has 3 atom stereocenters. The van der Waals surface area contributed by atoms with Gasteiger partial charge in [0.2, 0.25) is 0 Å². The van der Waals surface area contributed by atoms with E-state index in [4.69, 9.17) is 5.73 Å². The number of nitrogens with zero attached hydrogens (tertiary/aromatic N) is 1. The van der Waals surface area contributed by atoms with E-state index in [9.17, 15) is 0 Å². The molecule has 2 rings (SSSR count). The van der Waals surface area contributed by atoms with Gasteiger partial charge < -0.3 is 5.73 Å². The standard InChI is InChI=1S/C15H30N2/c1-4-17(10-14-7-8-14)15(11-16)9-5-6-12(2)13(15)3/h12-14H,4-11,16H2,1-3H3. The minimum absolute atomic E-state index is 0.301. The van der Waals surface area contributed by atoms with Gasteiger partial charge in [0.1, 0.15) is 0 Å².